The maximum absolute atomic E-state index is 6.09. The molecule has 0 nitrogen and oxygen atoms in total. The van der Waals surface area contributed by atoms with Crippen LogP contribution in [0, 0.1) is 0 Å². The van der Waals surface area contributed by atoms with Crippen LogP contribution >= 0.6 is 11.6 Å². The Morgan fingerprint density at radius 3 is 2.12 bits per heavy atom. The second-order valence-corrected chi connectivity index (χ2v) is 8.00. The molecule has 1 aliphatic carbocycles. The van der Waals surface area contributed by atoms with Crippen molar-refractivity contribution in [1.82, 2.24) is 0 Å². The van der Waals surface area contributed by atoms with E-state index in [0.717, 1.165) is 5.02 Å². The van der Waals surface area contributed by atoms with Crippen LogP contribution in [0.15, 0.2) is 78.9 Å². The Morgan fingerprint density at radius 1 is 0.615 bits per heavy atom. The lowest BCUT2D eigenvalue weighted by Crippen LogP contribution is -2.23. The van der Waals surface area contributed by atoms with Gasteiger partial charge in [-0.05, 0) is 56.3 Å². The van der Waals surface area contributed by atoms with Gasteiger partial charge in [-0.2, -0.15) is 0 Å². The van der Waals surface area contributed by atoms with Crippen molar-refractivity contribution in [2.75, 3.05) is 0 Å². The normalized spacial score (nSPS) is 14.3. The number of hydrogen-bond donors (Lipinski definition) is 0. The predicted octanol–water partition coefficient (Wildman–Crippen LogP) is 7.47. The lowest BCUT2D eigenvalue weighted by atomic mass is 9.68. The van der Waals surface area contributed by atoms with Crippen molar-refractivity contribution < 1.29 is 0 Å². The molecule has 5 rings (SSSR count). The molecule has 0 radical (unpaired) electrons. The van der Waals surface area contributed by atoms with E-state index in [-0.39, 0.29) is 5.41 Å². The lowest BCUT2D eigenvalue weighted by molar-refractivity contribution is 0.645. The van der Waals surface area contributed by atoms with Gasteiger partial charge in [0.05, 0.1) is 0 Å². The Labute approximate surface area is 159 Å². The molecule has 0 fully saturated rings. The molecule has 0 unspecified atom stereocenters. The first-order chi connectivity index (χ1) is 12.6. The fraction of sp³-hybridized carbons (Fsp3) is 0.120. The Hall–Kier alpha value is -2.57. The molecule has 126 valence electrons. The third-order valence-electron chi connectivity index (χ3n) is 5.76. The van der Waals surface area contributed by atoms with E-state index in [4.69, 9.17) is 11.6 Å². The number of halogens is 1. The Kier molecular flexibility index (Phi) is 3.29. The monoisotopic (exact) mass is 354 g/mol. The van der Waals surface area contributed by atoms with E-state index in [1.54, 1.807) is 0 Å². The molecule has 4 aromatic rings. The first-order valence-electron chi connectivity index (χ1n) is 8.99. The van der Waals surface area contributed by atoms with Crippen molar-refractivity contribution in [2.24, 2.45) is 0 Å². The lowest BCUT2D eigenvalue weighted by Gasteiger charge is -2.35. The summed E-state index contributed by atoms with van der Waals surface area (Å²) in [6, 6.07) is 28.2. The van der Waals surface area contributed by atoms with Crippen LogP contribution in [0.2, 0.25) is 5.02 Å². The van der Waals surface area contributed by atoms with Crippen LogP contribution in [-0.4, -0.2) is 0 Å². The summed E-state index contributed by atoms with van der Waals surface area (Å²) in [4.78, 5) is 0. The van der Waals surface area contributed by atoms with E-state index < -0.39 is 0 Å². The average molecular weight is 355 g/mol. The zero-order valence-electron chi connectivity index (χ0n) is 14.9. The van der Waals surface area contributed by atoms with Gasteiger partial charge >= 0.3 is 0 Å². The first kappa shape index (κ1) is 15.7. The van der Waals surface area contributed by atoms with Crippen LogP contribution in [0.1, 0.15) is 25.0 Å². The third kappa shape index (κ3) is 2.09. The van der Waals surface area contributed by atoms with E-state index in [1.165, 1.54) is 44.2 Å². The largest absolute Gasteiger partial charge is 0.0843 e. The zero-order chi connectivity index (χ0) is 17.9. The average Bonchev–Trinajstić information content (AvgIpc) is 2.67. The number of hydrogen-bond acceptors (Lipinski definition) is 0. The summed E-state index contributed by atoms with van der Waals surface area (Å²) in [5, 5.41) is 3.46. The van der Waals surface area contributed by atoms with E-state index in [9.17, 15) is 0 Å². The van der Waals surface area contributed by atoms with Gasteiger partial charge in [0.2, 0.25) is 0 Å². The third-order valence-corrected chi connectivity index (χ3v) is 6.01. The molecule has 4 aromatic carbocycles. The maximum atomic E-state index is 6.09. The molecule has 0 N–H and O–H groups in total. The van der Waals surface area contributed by atoms with E-state index in [2.05, 4.69) is 80.6 Å². The van der Waals surface area contributed by atoms with Crippen LogP contribution < -0.4 is 0 Å². The van der Waals surface area contributed by atoms with Crippen LogP contribution in [-0.2, 0) is 5.41 Å². The minimum Gasteiger partial charge on any atom is -0.0843 e. The van der Waals surface area contributed by atoms with Crippen LogP contribution in [0.3, 0.4) is 0 Å². The smallest absolute Gasteiger partial charge is 0.0406 e. The highest BCUT2D eigenvalue weighted by atomic mass is 35.5. The molecule has 0 aliphatic heterocycles. The van der Waals surface area contributed by atoms with Gasteiger partial charge in [0.15, 0.2) is 0 Å². The Morgan fingerprint density at radius 2 is 1.31 bits per heavy atom. The Bertz CT molecular complexity index is 1150. The van der Waals surface area contributed by atoms with Gasteiger partial charge in [0.1, 0.15) is 0 Å². The molecule has 0 amide bonds. The summed E-state index contributed by atoms with van der Waals surface area (Å²) >= 11 is 6.09. The molecule has 1 heteroatoms. The van der Waals surface area contributed by atoms with E-state index in [0.29, 0.717) is 0 Å². The minimum atomic E-state index is -0.0122. The quantitative estimate of drug-likeness (QED) is 0.332. The minimum absolute atomic E-state index is 0.0122. The van der Waals surface area contributed by atoms with Crippen molar-refractivity contribution in [2.45, 2.75) is 19.3 Å². The van der Waals surface area contributed by atoms with Gasteiger partial charge < -0.3 is 0 Å². The van der Waals surface area contributed by atoms with Crippen molar-refractivity contribution in [1.29, 1.82) is 0 Å². The van der Waals surface area contributed by atoms with Crippen LogP contribution in [0.5, 0.6) is 0 Å². The van der Waals surface area contributed by atoms with Crippen LogP contribution in [0.25, 0.3) is 33.0 Å². The number of rotatable bonds is 1. The number of benzene rings is 4. The van der Waals surface area contributed by atoms with E-state index >= 15 is 0 Å². The highest BCUT2D eigenvalue weighted by Gasteiger charge is 2.33. The maximum Gasteiger partial charge on any atom is 0.0406 e. The van der Waals surface area contributed by atoms with Gasteiger partial charge in [0, 0.05) is 10.4 Å². The summed E-state index contributed by atoms with van der Waals surface area (Å²) in [6.45, 7) is 4.66. The van der Waals surface area contributed by atoms with Gasteiger partial charge in [0.25, 0.3) is 0 Å². The molecular weight excluding hydrogens is 336 g/mol. The fourth-order valence-electron chi connectivity index (χ4n) is 4.44. The summed E-state index contributed by atoms with van der Waals surface area (Å²) in [7, 11) is 0. The van der Waals surface area contributed by atoms with Gasteiger partial charge in [-0.3, -0.25) is 0 Å². The summed E-state index contributed by atoms with van der Waals surface area (Å²) in [5.41, 5.74) is 7.94. The van der Waals surface area contributed by atoms with Crippen molar-refractivity contribution in [3.63, 3.8) is 0 Å². The second kappa shape index (κ2) is 5.46. The second-order valence-electron chi connectivity index (χ2n) is 7.57. The Balaban J connectivity index is 1.90. The van der Waals surface area contributed by atoms with E-state index in [1.807, 2.05) is 12.1 Å². The predicted molar refractivity (Wildman–Crippen MR) is 112 cm³/mol. The molecule has 0 bridgehead atoms. The summed E-state index contributed by atoms with van der Waals surface area (Å²) < 4.78 is 0. The molecule has 0 atom stereocenters. The zero-order valence-corrected chi connectivity index (χ0v) is 15.6. The number of fused-ring (bicyclic) bond motifs is 2. The highest BCUT2D eigenvalue weighted by Crippen LogP contribution is 2.49. The fourth-order valence-corrected chi connectivity index (χ4v) is 4.57. The SMILES string of the molecule is CC1(C)c2ccccc2-c2ccc(-c3ccc(Cl)cc3)c3cccc1c23. The first-order valence-corrected chi connectivity index (χ1v) is 9.37. The standard InChI is InChI=1S/C25H19Cl/c1-25(2)22-8-4-3-6-19(22)21-15-14-18(16-10-12-17(26)13-11-16)20-7-5-9-23(25)24(20)21/h3-15H,1-2H3. The van der Waals surface area contributed by atoms with Crippen LogP contribution in [0.4, 0.5) is 0 Å². The molecule has 0 saturated heterocycles. The summed E-state index contributed by atoms with van der Waals surface area (Å²) in [5.74, 6) is 0. The van der Waals surface area contributed by atoms with Crippen molar-refractivity contribution in [3.05, 3.63) is 95.0 Å². The van der Waals surface area contributed by atoms with Gasteiger partial charge in [-0.15, -0.1) is 0 Å². The summed E-state index contributed by atoms with van der Waals surface area (Å²) in [6.07, 6.45) is 0. The molecule has 0 spiro atoms. The molecular formula is C25H19Cl. The highest BCUT2D eigenvalue weighted by molar-refractivity contribution is 6.30. The molecule has 1 aliphatic rings. The van der Waals surface area contributed by atoms with Gasteiger partial charge in [-0.25, -0.2) is 0 Å². The molecule has 0 saturated carbocycles. The van der Waals surface area contributed by atoms with Crippen molar-refractivity contribution >= 4 is 22.4 Å². The molecule has 0 heterocycles. The topological polar surface area (TPSA) is 0 Å². The molecule has 26 heavy (non-hydrogen) atoms. The van der Waals surface area contributed by atoms with Crippen molar-refractivity contribution in [3.8, 4) is 22.3 Å². The van der Waals surface area contributed by atoms with Gasteiger partial charge in [-0.1, -0.05) is 92.2 Å². The molecule has 0 aromatic heterocycles.